The Hall–Kier alpha value is -0.860. The van der Waals surface area contributed by atoms with Crippen LogP contribution in [0.4, 0.5) is 0 Å². The summed E-state index contributed by atoms with van der Waals surface area (Å²) in [6.07, 6.45) is 2.98. The Bertz CT molecular complexity index is 185. The summed E-state index contributed by atoms with van der Waals surface area (Å²) in [5.74, 6) is -0.114. The van der Waals surface area contributed by atoms with Crippen molar-refractivity contribution in [2.45, 2.75) is 59.0 Å². The van der Waals surface area contributed by atoms with E-state index in [2.05, 4.69) is 0 Å². The highest BCUT2D eigenvalue weighted by Crippen LogP contribution is 2.03. The summed E-state index contributed by atoms with van der Waals surface area (Å²) < 4.78 is 4.91. The highest BCUT2D eigenvalue weighted by atomic mass is 16.5. The molecule has 0 heterocycles. The number of carbonyl (C=O) groups excluding carboxylic acids is 2. The lowest BCUT2D eigenvalue weighted by atomic mass is 10.1. The van der Waals surface area contributed by atoms with E-state index in [0.29, 0.717) is 12.8 Å². The molecule has 0 radical (unpaired) electrons. The second-order valence-electron chi connectivity index (χ2n) is 3.68. The molecule has 0 aliphatic heterocycles. The summed E-state index contributed by atoms with van der Waals surface area (Å²) in [6.45, 7) is 5.65. The van der Waals surface area contributed by atoms with Crippen LogP contribution < -0.4 is 0 Å². The predicted molar refractivity (Wildman–Crippen MR) is 55.0 cm³/mol. The predicted octanol–water partition coefficient (Wildman–Crippen LogP) is 2.48. The lowest BCUT2D eigenvalue weighted by molar-refractivity contribution is -0.148. The van der Waals surface area contributed by atoms with E-state index < -0.39 is 0 Å². The number of unbranched alkanes of at least 4 members (excludes halogenated alkanes) is 1. The minimum Gasteiger partial charge on any atom is -0.463 e. The molecule has 0 rings (SSSR count). The molecule has 0 N–H and O–H groups in total. The molecule has 0 amide bonds. The Morgan fingerprint density at radius 1 is 1.14 bits per heavy atom. The number of ketones is 1. The van der Waals surface area contributed by atoms with Crippen LogP contribution in [0.15, 0.2) is 0 Å². The van der Waals surface area contributed by atoms with E-state index >= 15 is 0 Å². The highest BCUT2D eigenvalue weighted by Gasteiger charge is 2.08. The SMILES string of the molecule is CCCCC(=O)CCC(=O)OC(C)C. The second-order valence-corrected chi connectivity index (χ2v) is 3.68. The number of hydrogen-bond donors (Lipinski definition) is 0. The van der Waals surface area contributed by atoms with Crippen molar-refractivity contribution in [3.63, 3.8) is 0 Å². The minimum atomic E-state index is -0.273. The highest BCUT2D eigenvalue weighted by molar-refractivity contribution is 5.82. The molecule has 0 saturated heterocycles. The molecule has 0 saturated carbocycles. The zero-order chi connectivity index (χ0) is 11.0. The number of ether oxygens (including phenoxy) is 1. The maximum atomic E-state index is 11.2. The van der Waals surface area contributed by atoms with Crippen molar-refractivity contribution >= 4 is 11.8 Å². The van der Waals surface area contributed by atoms with E-state index in [9.17, 15) is 9.59 Å². The van der Waals surface area contributed by atoms with Gasteiger partial charge < -0.3 is 4.74 Å². The van der Waals surface area contributed by atoms with Gasteiger partial charge >= 0.3 is 5.97 Å². The summed E-state index contributed by atoms with van der Waals surface area (Å²) in [7, 11) is 0. The van der Waals surface area contributed by atoms with Crippen LogP contribution in [0.25, 0.3) is 0 Å². The van der Waals surface area contributed by atoms with Crippen molar-refractivity contribution in [1.29, 1.82) is 0 Å². The molecular weight excluding hydrogens is 180 g/mol. The number of rotatable bonds is 7. The molecular formula is C11H20O3. The van der Waals surface area contributed by atoms with Crippen LogP contribution >= 0.6 is 0 Å². The molecule has 14 heavy (non-hydrogen) atoms. The summed E-state index contributed by atoms with van der Waals surface area (Å²) >= 11 is 0. The largest absolute Gasteiger partial charge is 0.463 e. The van der Waals surface area contributed by atoms with Crippen molar-refractivity contribution in [3.05, 3.63) is 0 Å². The summed E-state index contributed by atoms with van der Waals surface area (Å²) in [5, 5.41) is 0. The first-order valence-electron chi connectivity index (χ1n) is 5.27. The fraction of sp³-hybridized carbons (Fsp3) is 0.818. The molecule has 0 fully saturated rings. The van der Waals surface area contributed by atoms with Gasteiger partial charge in [0.25, 0.3) is 0 Å². The lowest BCUT2D eigenvalue weighted by Gasteiger charge is -2.06. The van der Waals surface area contributed by atoms with Gasteiger partial charge in [-0.2, -0.15) is 0 Å². The van der Waals surface area contributed by atoms with Gasteiger partial charge in [-0.05, 0) is 20.3 Å². The van der Waals surface area contributed by atoms with Gasteiger partial charge in [-0.1, -0.05) is 13.3 Å². The van der Waals surface area contributed by atoms with E-state index in [1.807, 2.05) is 6.92 Å². The third-order valence-electron chi connectivity index (χ3n) is 1.78. The topological polar surface area (TPSA) is 43.4 Å². The average Bonchev–Trinajstić information content (AvgIpc) is 2.10. The first kappa shape index (κ1) is 13.1. The van der Waals surface area contributed by atoms with E-state index in [1.54, 1.807) is 13.8 Å². The van der Waals surface area contributed by atoms with E-state index in [0.717, 1.165) is 12.8 Å². The van der Waals surface area contributed by atoms with Crippen molar-refractivity contribution in [2.75, 3.05) is 0 Å². The standard InChI is InChI=1S/C11H20O3/c1-4-5-6-10(12)7-8-11(13)14-9(2)3/h9H,4-8H2,1-3H3. The van der Waals surface area contributed by atoms with E-state index in [1.165, 1.54) is 0 Å². The zero-order valence-electron chi connectivity index (χ0n) is 9.34. The van der Waals surface area contributed by atoms with Gasteiger partial charge in [-0.25, -0.2) is 0 Å². The van der Waals surface area contributed by atoms with Crippen LogP contribution in [0.2, 0.25) is 0 Å². The van der Waals surface area contributed by atoms with Gasteiger partial charge in [-0.15, -0.1) is 0 Å². The average molecular weight is 200 g/mol. The smallest absolute Gasteiger partial charge is 0.306 e. The molecule has 3 nitrogen and oxygen atoms in total. The Morgan fingerprint density at radius 2 is 1.79 bits per heavy atom. The van der Waals surface area contributed by atoms with Crippen LogP contribution in [-0.4, -0.2) is 17.9 Å². The Morgan fingerprint density at radius 3 is 2.29 bits per heavy atom. The molecule has 0 aromatic rings. The van der Waals surface area contributed by atoms with Crippen LogP contribution in [0, 0.1) is 0 Å². The van der Waals surface area contributed by atoms with E-state index in [-0.39, 0.29) is 24.3 Å². The van der Waals surface area contributed by atoms with Crippen LogP contribution in [0.1, 0.15) is 52.9 Å². The third-order valence-corrected chi connectivity index (χ3v) is 1.78. The Balaban J connectivity index is 3.51. The first-order valence-corrected chi connectivity index (χ1v) is 5.27. The van der Waals surface area contributed by atoms with Gasteiger partial charge in [0.05, 0.1) is 12.5 Å². The van der Waals surface area contributed by atoms with Crippen molar-refractivity contribution in [2.24, 2.45) is 0 Å². The molecule has 0 aliphatic rings. The Labute approximate surface area is 85.8 Å². The fourth-order valence-electron chi connectivity index (χ4n) is 1.06. The molecule has 0 bridgehead atoms. The summed E-state index contributed by atoms with van der Waals surface area (Å²) in [6, 6.07) is 0. The number of hydrogen-bond acceptors (Lipinski definition) is 3. The fourth-order valence-corrected chi connectivity index (χ4v) is 1.06. The second kappa shape index (κ2) is 7.54. The monoisotopic (exact) mass is 200 g/mol. The molecule has 82 valence electrons. The molecule has 0 spiro atoms. The minimum absolute atomic E-state index is 0.0896. The Kier molecular flexibility index (Phi) is 7.07. The molecule has 0 aromatic heterocycles. The van der Waals surface area contributed by atoms with Gasteiger partial charge in [0.15, 0.2) is 0 Å². The zero-order valence-corrected chi connectivity index (χ0v) is 9.34. The first-order chi connectivity index (χ1) is 6.56. The van der Waals surface area contributed by atoms with Gasteiger partial charge in [0, 0.05) is 12.8 Å². The maximum Gasteiger partial charge on any atom is 0.306 e. The number of carbonyl (C=O) groups is 2. The van der Waals surface area contributed by atoms with Crippen LogP contribution in [-0.2, 0) is 14.3 Å². The summed E-state index contributed by atoms with van der Waals surface area (Å²) in [5.41, 5.74) is 0. The number of esters is 1. The normalized spacial score (nSPS) is 10.3. The molecule has 0 atom stereocenters. The quantitative estimate of drug-likeness (QED) is 0.593. The van der Waals surface area contributed by atoms with Gasteiger partial charge in [-0.3, -0.25) is 9.59 Å². The third kappa shape index (κ3) is 7.77. The van der Waals surface area contributed by atoms with Gasteiger partial charge in [0.1, 0.15) is 5.78 Å². The molecule has 3 heteroatoms. The van der Waals surface area contributed by atoms with Crippen LogP contribution in [0.3, 0.4) is 0 Å². The van der Waals surface area contributed by atoms with Crippen molar-refractivity contribution < 1.29 is 14.3 Å². The van der Waals surface area contributed by atoms with Crippen molar-refractivity contribution in [3.8, 4) is 0 Å². The van der Waals surface area contributed by atoms with Crippen molar-refractivity contribution in [1.82, 2.24) is 0 Å². The molecule has 0 unspecified atom stereocenters. The lowest BCUT2D eigenvalue weighted by Crippen LogP contribution is -2.12. The van der Waals surface area contributed by atoms with Gasteiger partial charge in [0.2, 0.25) is 0 Å². The van der Waals surface area contributed by atoms with E-state index in [4.69, 9.17) is 4.74 Å². The molecule has 0 aromatic carbocycles. The summed E-state index contributed by atoms with van der Waals surface area (Å²) in [4.78, 5) is 22.2. The molecule has 0 aliphatic carbocycles. The number of Topliss-reactive ketones (excluding diaryl/α,β-unsaturated/α-hetero) is 1. The maximum absolute atomic E-state index is 11.2. The van der Waals surface area contributed by atoms with Crippen LogP contribution in [0.5, 0.6) is 0 Å².